The number of hydrogen-bond acceptors (Lipinski definition) is 3. The van der Waals surface area contributed by atoms with Gasteiger partial charge in [0.15, 0.2) is 0 Å². The molecule has 0 aliphatic carbocycles. The van der Waals surface area contributed by atoms with Gasteiger partial charge in [0, 0.05) is 12.1 Å². The van der Waals surface area contributed by atoms with Crippen molar-refractivity contribution >= 4 is 17.5 Å². The normalized spacial score (nSPS) is 20.3. The highest BCUT2D eigenvalue weighted by Gasteiger charge is 2.27. The first-order valence-corrected chi connectivity index (χ1v) is 6.01. The molecule has 1 saturated heterocycles. The number of nitrogens with one attached hydrogen (secondary N) is 2. The summed E-state index contributed by atoms with van der Waals surface area (Å²) < 4.78 is 0. The molecule has 1 aromatic carbocycles. The average molecular weight is 247 g/mol. The monoisotopic (exact) mass is 247 g/mol. The van der Waals surface area contributed by atoms with Gasteiger partial charge in [-0.25, -0.2) is 0 Å². The molecule has 2 rings (SSSR count). The number of anilines is 1. The summed E-state index contributed by atoms with van der Waals surface area (Å²) in [5, 5.41) is 5.53. The largest absolute Gasteiger partial charge is 0.399 e. The van der Waals surface area contributed by atoms with Gasteiger partial charge in [0.1, 0.15) is 6.04 Å². The van der Waals surface area contributed by atoms with Crippen molar-refractivity contribution in [2.24, 2.45) is 0 Å². The first-order valence-electron chi connectivity index (χ1n) is 6.01. The molecular weight excluding hydrogens is 230 g/mol. The Balaban J connectivity index is 1.94. The van der Waals surface area contributed by atoms with Gasteiger partial charge in [0.2, 0.25) is 11.8 Å². The summed E-state index contributed by atoms with van der Waals surface area (Å²) in [5.41, 5.74) is 7.29. The van der Waals surface area contributed by atoms with Gasteiger partial charge in [0.05, 0.1) is 6.04 Å². The minimum absolute atomic E-state index is 0.0599. The quantitative estimate of drug-likeness (QED) is 0.688. The highest BCUT2D eigenvalue weighted by molar-refractivity contribution is 5.90. The molecule has 1 unspecified atom stereocenters. The Kier molecular flexibility index (Phi) is 3.50. The van der Waals surface area contributed by atoms with Crippen LogP contribution in [0.5, 0.6) is 0 Å². The molecule has 1 heterocycles. The lowest BCUT2D eigenvalue weighted by atomic mass is 10.1. The van der Waals surface area contributed by atoms with Gasteiger partial charge < -0.3 is 16.4 Å². The lowest BCUT2D eigenvalue weighted by Crippen LogP contribution is -2.42. The lowest BCUT2D eigenvalue weighted by Gasteiger charge is -2.17. The lowest BCUT2D eigenvalue weighted by molar-refractivity contribution is -0.126. The van der Waals surface area contributed by atoms with E-state index < -0.39 is 6.04 Å². The molecule has 1 fully saturated rings. The van der Waals surface area contributed by atoms with Gasteiger partial charge >= 0.3 is 0 Å². The molecule has 0 saturated carbocycles. The molecule has 5 heteroatoms. The van der Waals surface area contributed by atoms with Crippen LogP contribution in [0.3, 0.4) is 0 Å². The number of nitrogen functional groups attached to an aromatic ring is 1. The van der Waals surface area contributed by atoms with Crippen LogP contribution in [-0.2, 0) is 9.59 Å². The van der Waals surface area contributed by atoms with E-state index in [-0.39, 0.29) is 17.9 Å². The van der Waals surface area contributed by atoms with E-state index in [0.29, 0.717) is 18.5 Å². The van der Waals surface area contributed by atoms with Crippen LogP contribution in [0.4, 0.5) is 5.69 Å². The van der Waals surface area contributed by atoms with E-state index in [1.54, 1.807) is 12.1 Å². The Morgan fingerprint density at radius 1 is 1.44 bits per heavy atom. The van der Waals surface area contributed by atoms with Gasteiger partial charge in [0.25, 0.3) is 0 Å². The Morgan fingerprint density at radius 2 is 2.11 bits per heavy atom. The number of nitrogens with two attached hydrogens (primary N) is 1. The minimum atomic E-state index is -0.395. The number of hydrogen-bond donors (Lipinski definition) is 3. The van der Waals surface area contributed by atoms with Gasteiger partial charge in [-0.1, -0.05) is 12.1 Å². The number of carbonyl (C=O) groups is 2. The van der Waals surface area contributed by atoms with Gasteiger partial charge in [-0.2, -0.15) is 0 Å². The summed E-state index contributed by atoms with van der Waals surface area (Å²) in [6, 6.07) is 6.87. The molecule has 5 nitrogen and oxygen atoms in total. The number of amides is 2. The van der Waals surface area contributed by atoms with Crippen LogP contribution in [-0.4, -0.2) is 17.9 Å². The molecule has 0 spiro atoms. The third-order valence-electron chi connectivity index (χ3n) is 3.11. The number of rotatable bonds is 3. The van der Waals surface area contributed by atoms with E-state index in [9.17, 15) is 9.59 Å². The third kappa shape index (κ3) is 2.80. The zero-order valence-electron chi connectivity index (χ0n) is 10.3. The van der Waals surface area contributed by atoms with Crippen LogP contribution >= 0.6 is 0 Å². The van der Waals surface area contributed by atoms with Crippen LogP contribution in [0.1, 0.15) is 31.4 Å². The molecule has 1 aliphatic rings. The SMILES string of the molecule is CC(NC(=O)[C@@H]1CCC(=O)N1)c1ccc(N)cc1. The molecular formula is C13H17N3O2. The van der Waals surface area contributed by atoms with Crippen molar-refractivity contribution in [1.82, 2.24) is 10.6 Å². The molecule has 18 heavy (non-hydrogen) atoms. The summed E-state index contributed by atoms with van der Waals surface area (Å²) in [4.78, 5) is 22.9. The van der Waals surface area contributed by atoms with Gasteiger partial charge in [-0.3, -0.25) is 9.59 Å². The smallest absolute Gasteiger partial charge is 0.243 e. The third-order valence-corrected chi connectivity index (χ3v) is 3.11. The fourth-order valence-electron chi connectivity index (χ4n) is 1.99. The highest BCUT2D eigenvalue weighted by atomic mass is 16.2. The van der Waals surface area contributed by atoms with E-state index in [2.05, 4.69) is 10.6 Å². The summed E-state index contributed by atoms with van der Waals surface area (Å²) in [5.74, 6) is -0.194. The molecule has 2 amide bonds. The summed E-state index contributed by atoms with van der Waals surface area (Å²) in [6.45, 7) is 1.90. The van der Waals surface area contributed by atoms with Crippen LogP contribution in [0, 0.1) is 0 Å². The Labute approximate surface area is 106 Å². The van der Waals surface area contributed by atoms with Crippen molar-refractivity contribution in [3.05, 3.63) is 29.8 Å². The molecule has 0 bridgehead atoms. The fraction of sp³-hybridized carbons (Fsp3) is 0.385. The van der Waals surface area contributed by atoms with E-state index in [1.807, 2.05) is 19.1 Å². The average Bonchev–Trinajstić information content (AvgIpc) is 2.76. The van der Waals surface area contributed by atoms with Crippen molar-refractivity contribution in [2.75, 3.05) is 5.73 Å². The van der Waals surface area contributed by atoms with E-state index in [0.717, 1.165) is 5.56 Å². The van der Waals surface area contributed by atoms with Gasteiger partial charge in [-0.05, 0) is 31.0 Å². The van der Waals surface area contributed by atoms with Gasteiger partial charge in [-0.15, -0.1) is 0 Å². The fourth-order valence-corrected chi connectivity index (χ4v) is 1.99. The molecule has 1 aliphatic heterocycles. The minimum Gasteiger partial charge on any atom is -0.399 e. The van der Waals surface area contributed by atoms with Crippen molar-refractivity contribution in [3.63, 3.8) is 0 Å². The van der Waals surface area contributed by atoms with Crippen LogP contribution in [0.2, 0.25) is 0 Å². The van der Waals surface area contributed by atoms with E-state index in [4.69, 9.17) is 5.73 Å². The Hall–Kier alpha value is -2.04. The zero-order valence-corrected chi connectivity index (χ0v) is 10.3. The second-order valence-corrected chi connectivity index (χ2v) is 4.56. The summed E-state index contributed by atoms with van der Waals surface area (Å²) >= 11 is 0. The maximum atomic E-state index is 11.9. The van der Waals surface area contributed by atoms with Crippen molar-refractivity contribution in [1.29, 1.82) is 0 Å². The summed E-state index contributed by atoms with van der Waals surface area (Å²) in [7, 11) is 0. The maximum Gasteiger partial charge on any atom is 0.243 e. The molecule has 4 N–H and O–H groups in total. The van der Waals surface area contributed by atoms with E-state index >= 15 is 0 Å². The number of benzene rings is 1. The summed E-state index contributed by atoms with van der Waals surface area (Å²) in [6.07, 6.45) is 0.994. The second kappa shape index (κ2) is 5.08. The van der Waals surface area contributed by atoms with Crippen molar-refractivity contribution in [3.8, 4) is 0 Å². The molecule has 0 aromatic heterocycles. The second-order valence-electron chi connectivity index (χ2n) is 4.56. The van der Waals surface area contributed by atoms with Crippen molar-refractivity contribution < 1.29 is 9.59 Å². The first-order chi connectivity index (χ1) is 8.56. The molecule has 96 valence electrons. The number of carbonyl (C=O) groups excluding carboxylic acids is 2. The molecule has 2 atom stereocenters. The topological polar surface area (TPSA) is 84.2 Å². The Morgan fingerprint density at radius 3 is 2.67 bits per heavy atom. The van der Waals surface area contributed by atoms with Crippen molar-refractivity contribution in [2.45, 2.75) is 31.8 Å². The van der Waals surface area contributed by atoms with Crippen LogP contribution in [0.25, 0.3) is 0 Å². The zero-order chi connectivity index (χ0) is 13.1. The predicted molar refractivity (Wildman–Crippen MR) is 68.6 cm³/mol. The Bertz CT molecular complexity index is 456. The van der Waals surface area contributed by atoms with Crippen LogP contribution < -0.4 is 16.4 Å². The first kappa shape index (κ1) is 12.4. The molecule has 0 radical (unpaired) electrons. The predicted octanol–water partition coefficient (Wildman–Crippen LogP) is 0.725. The van der Waals surface area contributed by atoms with E-state index in [1.165, 1.54) is 0 Å². The van der Waals surface area contributed by atoms with Crippen LogP contribution in [0.15, 0.2) is 24.3 Å². The highest BCUT2D eigenvalue weighted by Crippen LogP contribution is 2.15. The maximum absolute atomic E-state index is 11.9. The standard InChI is InChI=1S/C13H17N3O2/c1-8(9-2-4-10(14)5-3-9)15-13(18)11-6-7-12(17)16-11/h2-5,8,11H,6-7,14H2,1H3,(H,15,18)(H,16,17)/t8?,11-/m0/s1. The molecule has 1 aromatic rings.